The second-order valence-corrected chi connectivity index (χ2v) is 6.84. The van der Waals surface area contributed by atoms with E-state index in [2.05, 4.69) is 33.0 Å². The van der Waals surface area contributed by atoms with Gasteiger partial charge in [0.05, 0.1) is 0 Å². The summed E-state index contributed by atoms with van der Waals surface area (Å²) in [4.78, 5) is 0. The van der Waals surface area contributed by atoms with Gasteiger partial charge < -0.3 is 11.1 Å². The molecular formula is C13H26N2. The maximum atomic E-state index is 6.18. The number of nitrogens with two attached hydrogens (primary N) is 1. The topological polar surface area (TPSA) is 38.0 Å². The molecular weight excluding hydrogens is 184 g/mol. The standard InChI is InChI=1S/C13H26N2/c1-11(2)10(12(11,3)4)8-15-9-13(14)6-5-7-13/h10,15H,5-9,14H2,1-4H3. The van der Waals surface area contributed by atoms with Gasteiger partial charge in [-0.2, -0.15) is 0 Å². The Bertz CT molecular complexity index is 237. The van der Waals surface area contributed by atoms with Gasteiger partial charge in [-0.1, -0.05) is 27.7 Å². The van der Waals surface area contributed by atoms with Gasteiger partial charge in [0, 0.05) is 12.1 Å². The molecule has 2 heteroatoms. The van der Waals surface area contributed by atoms with Crippen LogP contribution < -0.4 is 11.1 Å². The van der Waals surface area contributed by atoms with E-state index in [1.165, 1.54) is 19.3 Å². The van der Waals surface area contributed by atoms with Crippen LogP contribution in [0.3, 0.4) is 0 Å². The first-order valence-electron chi connectivity index (χ1n) is 6.29. The summed E-state index contributed by atoms with van der Waals surface area (Å²) in [5.74, 6) is 0.814. The molecule has 0 heterocycles. The summed E-state index contributed by atoms with van der Waals surface area (Å²) < 4.78 is 0. The lowest BCUT2D eigenvalue weighted by Crippen LogP contribution is -2.54. The van der Waals surface area contributed by atoms with Crippen molar-refractivity contribution in [3.05, 3.63) is 0 Å². The van der Waals surface area contributed by atoms with Crippen LogP contribution in [0.1, 0.15) is 47.0 Å². The summed E-state index contributed by atoms with van der Waals surface area (Å²) in [5, 5.41) is 3.58. The van der Waals surface area contributed by atoms with Crippen molar-refractivity contribution >= 4 is 0 Å². The Morgan fingerprint density at radius 3 is 2.00 bits per heavy atom. The highest BCUT2D eigenvalue weighted by Gasteiger charge is 2.63. The van der Waals surface area contributed by atoms with E-state index in [-0.39, 0.29) is 5.54 Å². The van der Waals surface area contributed by atoms with Crippen LogP contribution in [0.15, 0.2) is 0 Å². The van der Waals surface area contributed by atoms with E-state index in [1.807, 2.05) is 0 Å². The second-order valence-electron chi connectivity index (χ2n) is 6.84. The van der Waals surface area contributed by atoms with Gasteiger partial charge in [0.25, 0.3) is 0 Å². The Morgan fingerprint density at radius 1 is 1.13 bits per heavy atom. The number of hydrogen-bond donors (Lipinski definition) is 2. The molecule has 2 rings (SSSR count). The lowest BCUT2D eigenvalue weighted by molar-refractivity contribution is 0.237. The third-order valence-electron chi connectivity index (χ3n) is 5.49. The molecule has 0 spiro atoms. The van der Waals surface area contributed by atoms with Gasteiger partial charge in [-0.15, -0.1) is 0 Å². The van der Waals surface area contributed by atoms with Crippen molar-refractivity contribution in [2.75, 3.05) is 13.1 Å². The molecule has 3 N–H and O–H groups in total. The Morgan fingerprint density at radius 2 is 1.67 bits per heavy atom. The first-order valence-corrected chi connectivity index (χ1v) is 6.29. The van der Waals surface area contributed by atoms with Crippen LogP contribution in [-0.2, 0) is 0 Å². The van der Waals surface area contributed by atoms with Crippen molar-refractivity contribution in [3.8, 4) is 0 Å². The van der Waals surface area contributed by atoms with Gasteiger partial charge in [0.1, 0.15) is 0 Å². The zero-order valence-corrected chi connectivity index (χ0v) is 10.7. The van der Waals surface area contributed by atoms with Crippen LogP contribution in [0, 0.1) is 16.7 Å². The smallest absolute Gasteiger partial charge is 0.0280 e. The average molecular weight is 210 g/mol. The van der Waals surface area contributed by atoms with E-state index < -0.39 is 0 Å². The molecule has 15 heavy (non-hydrogen) atoms. The van der Waals surface area contributed by atoms with E-state index in [0.717, 1.165) is 19.0 Å². The summed E-state index contributed by atoms with van der Waals surface area (Å²) in [5.41, 5.74) is 7.31. The third kappa shape index (κ3) is 1.72. The summed E-state index contributed by atoms with van der Waals surface area (Å²) in [6, 6.07) is 0. The minimum Gasteiger partial charge on any atom is -0.324 e. The molecule has 0 bridgehead atoms. The first kappa shape index (κ1) is 11.4. The van der Waals surface area contributed by atoms with E-state index in [4.69, 9.17) is 5.73 Å². The Labute approximate surface area is 94.0 Å². The van der Waals surface area contributed by atoms with Gasteiger partial charge in [-0.05, 0) is 42.6 Å². The fourth-order valence-electron chi connectivity index (χ4n) is 3.12. The molecule has 0 saturated heterocycles. The van der Waals surface area contributed by atoms with Crippen molar-refractivity contribution in [2.24, 2.45) is 22.5 Å². The van der Waals surface area contributed by atoms with Crippen LogP contribution in [0.25, 0.3) is 0 Å². The predicted molar refractivity (Wildman–Crippen MR) is 64.7 cm³/mol. The molecule has 2 aliphatic carbocycles. The van der Waals surface area contributed by atoms with Crippen LogP contribution in [-0.4, -0.2) is 18.6 Å². The van der Waals surface area contributed by atoms with E-state index >= 15 is 0 Å². The highest BCUT2D eigenvalue weighted by Crippen LogP contribution is 2.67. The Kier molecular flexibility index (Phi) is 2.44. The van der Waals surface area contributed by atoms with Crippen molar-refractivity contribution in [1.29, 1.82) is 0 Å². The zero-order valence-electron chi connectivity index (χ0n) is 10.7. The largest absolute Gasteiger partial charge is 0.324 e. The van der Waals surface area contributed by atoms with Gasteiger partial charge in [-0.25, -0.2) is 0 Å². The second kappa shape index (κ2) is 3.21. The fourth-order valence-corrected chi connectivity index (χ4v) is 3.12. The van der Waals surface area contributed by atoms with E-state index in [1.54, 1.807) is 0 Å². The quantitative estimate of drug-likeness (QED) is 0.746. The molecule has 2 fully saturated rings. The molecule has 0 amide bonds. The molecule has 0 radical (unpaired) electrons. The molecule has 0 atom stereocenters. The predicted octanol–water partition coefficient (Wildman–Crippen LogP) is 2.14. The Hall–Kier alpha value is -0.0800. The van der Waals surface area contributed by atoms with Crippen molar-refractivity contribution in [1.82, 2.24) is 5.32 Å². The summed E-state index contributed by atoms with van der Waals surface area (Å²) >= 11 is 0. The molecule has 2 aliphatic rings. The summed E-state index contributed by atoms with van der Waals surface area (Å²) in [7, 11) is 0. The van der Waals surface area contributed by atoms with Crippen LogP contribution in [0.4, 0.5) is 0 Å². The average Bonchev–Trinajstić information content (AvgIpc) is 2.44. The van der Waals surface area contributed by atoms with E-state index in [0.29, 0.717) is 10.8 Å². The monoisotopic (exact) mass is 210 g/mol. The Balaban J connectivity index is 1.72. The number of nitrogens with one attached hydrogen (secondary N) is 1. The van der Waals surface area contributed by atoms with Gasteiger partial charge >= 0.3 is 0 Å². The number of hydrogen-bond acceptors (Lipinski definition) is 2. The molecule has 0 aliphatic heterocycles. The molecule has 88 valence electrons. The van der Waals surface area contributed by atoms with Crippen molar-refractivity contribution in [2.45, 2.75) is 52.5 Å². The van der Waals surface area contributed by atoms with Crippen LogP contribution in [0.5, 0.6) is 0 Å². The maximum absolute atomic E-state index is 6.18. The van der Waals surface area contributed by atoms with Gasteiger partial charge in [0.2, 0.25) is 0 Å². The molecule has 0 aromatic rings. The minimum atomic E-state index is 0.128. The lowest BCUT2D eigenvalue weighted by Gasteiger charge is -2.38. The molecule has 0 aromatic heterocycles. The summed E-state index contributed by atoms with van der Waals surface area (Å²) in [6.45, 7) is 11.7. The molecule has 0 unspecified atom stereocenters. The van der Waals surface area contributed by atoms with Crippen LogP contribution >= 0.6 is 0 Å². The zero-order chi connectivity index (χ0) is 11.3. The van der Waals surface area contributed by atoms with E-state index in [9.17, 15) is 0 Å². The van der Waals surface area contributed by atoms with Gasteiger partial charge in [0.15, 0.2) is 0 Å². The molecule has 2 saturated carbocycles. The highest BCUT2D eigenvalue weighted by molar-refractivity contribution is 5.13. The summed E-state index contributed by atoms with van der Waals surface area (Å²) in [6.07, 6.45) is 3.73. The lowest BCUT2D eigenvalue weighted by atomic mass is 9.78. The first-order chi connectivity index (χ1) is 6.80. The molecule has 2 nitrogen and oxygen atoms in total. The highest BCUT2D eigenvalue weighted by atomic mass is 15.0. The third-order valence-corrected chi connectivity index (χ3v) is 5.49. The van der Waals surface area contributed by atoms with Crippen molar-refractivity contribution in [3.63, 3.8) is 0 Å². The maximum Gasteiger partial charge on any atom is 0.0280 e. The molecule has 0 aromatic carbocycles. The normalized spacial score (nSPS) is 31.0. The van der Waals surface area contributed by atoms with Crippen molar-refractivity contribution < 1.29 is 0 Å². The van der Waals surface area contributed by atoms with Crippen LogP contribution in [0.2, 0.25) is 0 Å². The number of rotatable bonds is 4. The van der Waals surface area contributed by atoms with Gasteiger partial charge in [-0.3, -0.25) is 0 Å². The minimum absolute atomic E-state index is 0.128. The fraction of sp³-hybridized carbons (Fsp3) is 1.00. The SMILES string of the molecule is CC1(C)C(CNCC2(N)CCC2)C1(C)C.